The Morgan fingerprint density at radius 3 is 2.34 bits per heavy atom. The number of anilines is 1. The van der Waals surface area contributed by atoms with Crippen LogP contribution >= 0.6 is 0 Å². The van der Waals surface area contributed by atoms with E-state index >= 15 is 0 Å². The third-order valence-electron chi connectivity index (χ3n) is 5.83. The minimum absolute atomic E-state index is 0.0362. The van der Waals surface area contributed by atoms with E-state index in [4.69, 9.17) is 9.31 Å². The first-order chi connectivity index (χ1) is 13.9. The maximum atomic E-state index is 11.8. The molecule has 2 aromatic carbocycles. The van der Waals surface area contributed by atoms with Gasteiger partial charge in [0.25, 0.3) is 5.69 Å². The number of piperidine rings is 1. The smallest absolute Gasteiger partial charge is 0.407 e. The molecule has 2 fully saturated rings. The number of nitro benzene ring substituents is 1. The van der Waals surface area contributed by atoms with Gasteiger partial charge in [-0.05, 0) is 35.9 Å². The van der Waals surface area contributed by atoms with E-state index in [0.29, 0.717) is 30.3 Å². The molecule has 0 amide bonds. The largest absolute Gasteiger partial charge is 0.494 e. The van der Waals surface area contributed by atoms with Gasteiger partial charge in [0.2, 0.25) is 0 Å². The Morgan fingerprint density at radius 1 is 1.07 bits per heavy atom. The highest BCUT2D eigenvalue weighted by Gasteiger charge is 2.35. The molecule has 2 aliphatic heterocycles. The molecule has 0 radical (unpaired) electrons. The molecule has 2 aromatic rings. The van der Waals surface area contributed by atoms with E-state index in [1.165, 1.54) is 5.56 Å². The molecular formula is C22H27BN2O4. The van der Waals surface area contributed by atoms with E-state index in [1.807, 2.05) is 18.2 Å². The molecule has 0 atom stereocenters. The lowest BCUT2D eigenvalue weighted by Gasteiger charge is -2.34. The van der Waals surface area contributed by atoms with Crippen LogP contribution in [0.1, 0.15) is 38.2 Å². The van der Waals surface area contributed by atoms with Gasteiger partial charge in [0.1, 0.15) is 5.69 Å². The second-order valence-corrected chi connectivity index (χ2v) is 8.80. The van der Waals surface area contributed by atoms with E-state index in [1.54, 1.807) is 6.07 Å². The number of benzene rings is 2. The number of hydrogen-bond acceptors (Lipinski definition) is 5. The summed E-state index contributed by atoms with van der Waals surface area (Å²) in [5.74, 6) is 0.512. The Labute approximate surface area is 172 Å². The van der Waals surface area contributed by atoms with Gasteiger partial charge < -0.3 is 14.2 Å². The van der Waals surface area contributed by atoms with Crippen molar-refractivity contribution in [3.05, 3.63) is 64.2 Å². The van der Waals surface area contributed by atoms with Crippen LogP contribution in [0.2, 0.25) is 0 Å². The number of nitrogens with zero attached hydrogens (tertiary/aromatic N) is 2. The molecule has 0 saturated carbocycles. The quantitative estimate of drug-likeness (QED) is 0.449. The normalized spacial score (nSPS) is 19.9. The molecule has 7 heteroatoms. The van der Waals surface area contributed by atoms with Gasteiger partial charge in [-0.25, -0.2) is 0 Å². The lowest BCUT2D eigenvalue weighted by atomic mass is 9.75. The minimum Gasteiger partial charge on any atom is -0.407 e. The number of nitro groups is 1. The van der Waals surface area contributed by atoms with Crippen molar-refractivity contribution in [2.75, 3.05) is 31.2 Å². The second-order valence-electron chi connectivity index (χ2n) is 8.80. The van der Waals surface area contributed by atoms with Crippen molar-refractivity contribution in [2.24, 2.45) is 5.41 Å². The molecule has 0 aromatic heterocycles. The second kappa shape index (κ2) is 8.16. The first-order valence-corrected chi connectivity index (χ1v) is 10.2. The van der Waals surface area contributed by atoms with Crippen molar-refractivity contribution in [3.63, 3.8) is 0 Å². The van der Waals surface area contributed by atoms with Crippen LogP contribution in [0.25, 0.3) is 0 Å². The lowest BCUT2D eigenvalue weighted by molar-refractivity contribution is -0.384. The van der Waals surface area contributed by atoms with Crippen LogP contribution in [0.4, 0.5) is 11.4 Å². The summed E-state index contributed by atoms with van der Waals surface area (Å²) in [5, 5.41) is 11.8. The molecule has 152 valence electrons. The summed E-state index contributed by atoms with van der Waals surface area (Å²) in [4.78, 5) is 13.6. The van der Waals surface area contributed by atoms with E-state index in [-0.39, 0.29) is 16.0 Å². The fourth-order valence-electron chi connectivity index (χ4n) is 4.16. The zero-order chi connectivity index (χ0) is 20.4. The predicted molar refractivity (Wildman–Crippen MR) is 115 cm³/mol. The summed E-state index contributed by atoms with van der Waals surface area (Å²) in [5.41, 5.74) is 2.83. The Balaban J connectivity index is 1.49. The van der Waals surface area contributed by atoms with Crippen LogP contribution in [0.15, 0.2) is 48.5 Å². The van der Waals surface area contributed by atoms with Gasteiger partial charge in [0.15, 0.2) is 0 Å². The molecule has 6 nitrogen and oxygen atoms in total. The van der Waals surface area contributed by atoms with Crippen molar-refractivity contribution in [3.8, 4) is 0 Å². The Hall–Kier alpha value is -2.38. The Morgan fingerprint density at radius 2 is 1.72 bits per heavy atom. The standard InChI is InChI=1S/C22H27BN2O4/c1-22(2)15-28-23(29-16-22)19-8-9-20(21(14-19)25(26)27)24-12-10-18(11-13-24)17-6-4-3-5-7-17/h3-9,14,18H,10-13,15-16H2,1-2H3. The van der Waals surface area contributed by atoms with Crippen molar-refractivity contribution in [1.29, 1.82) is 0 Å². The Bertz CT molecular complexity index is 856. The number of rotatable bonds is 4. The van der Waals surface area contributed by atoms with E-state index in [9.17, 15) is 10.1 Å². The molecule has 4 rings (SSSR count). The molecule has 0 N–H and O–H groups in total. The molecule has 2 aliphatic rings. The maximum Gasteiger partial charge on any atom is 0.494 e. The van der Waals surface area contributed by atoms with Crippen molar-refractivity contribution in [1.82, 2.24) is 0 Å². The highest BCUT2D eigenvalue weighted by Crippen LogP contribution is 2.34. The summed E-state index contributed by atoms with van der Waals surface area (Å²) >= 11 is 0. The molecule has 2 heterocycles. The first kappa shape index (κ1) is 19.9. The van der Waals surface area contributed by atoms with Crippen LogP contribution in [0.5, 0.6) is 0 Å². The van der Waals surface area contributed by atoms with Gasteiger partial charge in [-0.3, -0.25) is 10.1 Å². The highest BCUT2D eigenvalue weighted by molar-refractivity contribution is 6.61. The van der Waals surface area contributed by atoms with Crippen molar-refractivity contribution < 1.29 is 14.2 Å². The van der Waals surface area contributed by atoms with Gasteiger partial charge in [-0.2, -0.15) is 0 Å². The molecule has 29 heavy (non-hydrogen) atoms. The van der Waals surface area contributed by atoms with Gasteiger partial charge in [-0.15, -0.1) is 0 Å². The highest BCUT2D eigenvalue weighted by atomic mass is 16.6. The van der Waals surface area contributed by atoms with Crippen LogP contribution in [-0.4, -0.2) is 38.3 Å². The first-order valence-electron chi connectivity index (χ1n) is 10.2. The van der Waals surface area contributed by atoms with E-state index < -0.39 is 7.12 Å². The predicted octanol–water partition coefficient (Wildman–Crippen LogP) is 3.75. The van der Waals surface area contributed by atoms with Crippen LogP contribution < -0.4 is 10.4 Å². The average molecular weight is 394 g/mol. The summed E-state index contributed by atoms with van der Waals surface area (Å²) in [6, 6.07) is 15.9. The SMILES string of the molecule is CC1(C)COB(c2ccc(N3CCC(c4ccccc4)CC3)c([N+](=O)[O-])c2)OC1. The summed E-state index contributed by atoms with van der Waals surface area (Å²) in [6.07, 6.45) is 1.99. The fraction of sp³-hybridized carbons (Fsp3) is 0.455. The molecule has 0 unspecified atom stereocenters. The zero-order valence-electron chi connectivity index (χ0n) is 17.0. The zero-order valence-corrected chi connectivity index (χ0v) is 17.0. The molecule has 0 aliphatic carbocycles. The number of hydrogen-bond donors (Lipinski definition) is 0. The van der Waals surface area contributed by atoms with Gasteiger partial charge in [-0.1, -0.05) is 50.2 Å². The van der Waals surface area contributed by atoms with Crippen molar-refractivity contribution in [2.45, 2.75) is 32.6 Å². The molecular weight excluding hydrogens is 367 g/mol. The third-order valence-corrected chi connectivity index (χ3v) is 5.83. The minimum atomic E-state index is -0.542. The summed E-state index contributed by atoms with van der Waals surface area (Å²) in [6.45, 7) is 6.91. The average Bonchev–Trinajstić information content (AvgIpc) is 2.74. The fourth-order valence-corrected chi connectivity index (χ4v) is 4.16. The summed E-state index contributed by atoms with van der Waals surface area (Å²) in [7, 11) is -0.542. The van der Waals surface area contributed by atoms with Gasteiger partial charge >= 0.3 is 7.12 Å². The lowest BCUT2D eigenvalue weighted by Crippen LogP contribution is -2.47. The molecule has 2 saturated heterocycles. The monoisotopic (exact) mass is 394 g/mol. The third kappa shape index (κ3) is 4.46. The van der Waals surface area contributed by atoms with Crippen molar-refractivity contribution >= 4 is 24.0 Å². The Kier molecular flexibility index (Phi) is 5.61. The summed E-state index contributed by atoms with van der Waals surface area (Å²) < 4.78 is 11.6. The molecule has 0 bridgehead atoms. The maximum absolute atomic E-state index is 11.8. The van der Waals surface area contributed by atoms with Crippen LogP contribution in [-0.2, 0) is 9.31 Å². The van der Waals surface area contributed by atoms with E-state index in [2.05, 4.69) is 43.0 Å². The van der Waals surface area contributed by atoms with Crippen LogP contribution in [0, 0.1) is 15.5 Å². The van der Waals surface area contributed by atoms with Crippen LogP contribution in [0.3, 0.4) is 0 Å². The van der Waals surface area contributed by atoms with Gasteiger partial charge in [0, 0.05) is 37.8 Å². The van der Waals surface area contributed by atoms with Gasteiger partial charge in [0.05, 0.1) is 4.92 Å². The topological polar surface area (TPSA) is 64.8 Å². The van der Waals surface area contributed by atoms with E-state index in [0.717, 1.165) is 25.9 Å². The molecule has 0 spiro atoms.